The summed E-state index contributed by atoms with van der Waals surface area (Å²) in [4.78, 5) is 2.81. The summed E-state index contributed by atoms with van der Waals surface area (Å²) >= 11 is 0. The molecule has 0 radical (unpaired) electrons. The number of likely N-dealkylation sites (N-methyl/N-ethyl adjacent to an activating group) is 1. The van der Waals surface area contributed by atoms with Crippen LogP contribution in [0.15, 0.2) is 0 Å². The molecule has 1 N–H and O–H groups in total. The van der Waals surface area contributed by atoms with E-state index in [1.54, 1.807) is 0 Å². The smallest absolute Gasteiger partial charge is 0.0252 e. The van der Waals surface area contributed by atoms with Crippen LogP contribution in [0, 0.1) is 11.3 Å². The first-order valence-corrected chi connectivity index (χ1v) is 8.43. The number of rotatable bonds is 2. The van der Waals surface area contributed by atoms with Gasteiger partial charge >= 0.3 is 0 Å². The molecule has 1 saturated heterocycles. The van der Waals surface area contributed by atoms with Gasteiger partial charge in [-0.05, 0) is 63.6 Å². The van der Waals surface area contributed by atoms with Crippen LogP contribution in [0.5, 0.6) is 0 Å². The molecule has 0 amide bonds. The van der Waals surface area contributed by atoms with E-state index < -0.39 is 0 Å². The lowest BCUT2D eigenvalue weighted by molar-refractivity contribution is 0.0622. The molecule has 0 aromatic rings. The highest BCUT2D eigenvalue weighted by molar-refractivity contribution is 4.94. The molecule has 1 aliphatic carbocycles. The molecule has 2 rings (SSSR count). The van der Waals surface area contributed by atoms with Crippen molar-refractivity contribution in [3.8, 4) is 0 Å². The van der Waals surface area contributed by atoms with Gasteiger partial charge in [-0.25, -0.2) is 0 Å². The van der Waals surface area contributed by atoms with Gasteiger partial charge < -0.3 is 5.32 Å². The van der Waals surface area contributed by atoms with Crippen molar-refractivity contribution < 1.29 is 0 Å². The Morgan fingerprint density at radius 1 is 0.947 bits per heavy atom. The zero-order valence-corrected chi connectivity index (χ0v) is 13.5. The number of hydrogen-bond donors (Lipinski definition) is 1. The van der Waals surface area contributed by atoms with Crippen LogP contribution in [-0.2, 0) is 0 Å². The van der Waals surface area contributed by atoms with Crippen LogP contribution in [-0.4, -0.2) is 37.1 Å². The van der Waals surface area contributed by atoms with Gasteiger partial charge in [0.05, 0.1) is 0 Å². The lowest BCUT2D eigenvalue weighted by Gasteiger charge is -2.46. The van der Waals surface area contributed by atoms with E-state index in [2.05, 4.69) is 38.0 Å². The highest BCUT2D eigenvalue weighted by Crippen LogP contribution is 2.39. The lowest BCUT2D eigenvalue weighted by atomic mass is 9.69. The van der Waals surface area contributed by atoms with E-state index in [0.29, 0.717) is 5.41 Å². The monoisotopic (exact) mass is 266 g/mol. The van der Waals surface area contributed by atoms with Crippen molar-refractivity contribution in [3.63, 3.8) is 0 Å². The molecular formula is C17H34N2. The molecule has 2 aliphatic rings. The predicted octanol–water partition coefficient (Wildman–Crippen LogP) is 3.67. The zero-order valence-electron chi connectivity index (χ0n) is 13.5. The van der Waals surface area contributed by atoms with Crippen LogP contribution in [0.1, 0.15) is 65.7 Å². The molecule has 3 unspecified atom stereocenters. The summed E-state index contributed by atoms with van der Waals surface area (Å²) in [5.41, 5.74) is 0.475. The third-order valence-corrected chi connectivity index (χ3v) is 5.52. The van der Waals surface area contributed by atoms with Gasteiger partial charge in [-0.15, -0.1) is 0 Å². The summed E-state index contributed by atoms with van der Waals surface area (Å²) in [6.45, 7) is 9.95. The fourth-order valence-corrected chi connectivity index (χ4v) is 4.10. The van der Waals surface area contributed by atoms with E-state index in [-0.39, 0.29) is 0 Å². The number of nitrogens with zero attached hydrogens (tertiary/aromatic N) is 1. The minimum absolute atomic E-state index is 0.475. The lowest BCUT2D eigenvalue weighted by Crippen LogP contribution is -2.53. The van der Waals surface area contributed by atoms with Crippen molar-refractivity contribution in [1.29, 1.82) is 0 Å². The maximum atomic E-state index is 3.60. The van der Waals surface area contributed by atoms with Crippen molar-refractivity contribution >= 4 is 0 Å². The molecule has 1 saturated carbocycles. The van der Waals surface area contributed by atoms with Crippen molar-refractivity contribution in [2.45, 2.75) is 77.8 Å². The van der Waals surface area contributed by atoms with Gasteiger partial charge in [-0.2, -0.15) is 0 Å². The second kappa shape index (κ2) is 6.58. The molecule has 0 aromatic heterocycles. The first-order valence-electron chi connectivity index (χ1n) is 8.43. The number of hydrogen-bond acceptors (Lipinski definition) is 2. The zero-order chi connectivity index (χ0) is 13.9. The Hall–Kier alpha value is -0.0800. The molecular weight excluding hydrogens is 232 g/mol. The van der Waals surface area contributed by atoms with E-state index in [9.17, 15) is 0 Å². The summed E-state index contributed by atoms with van der Waals surface area (Å²) in [5.74, 6) is 0.894. The normalized spacial score (nSPS) is 35.1. The Balaban J connectivity index is 2.04. The molecule has 0 spiro atoms. The van der Waals surface area contributed by atoms with Crippen LogP contribution in [0.3, 0.4) is 0 Å². The molecule has 3 atom stereocenters. The second-order valence-corrected chi connectivity index (χ2v) is 7.79. The Morgan fingerprint density at radius 3 is 2.11 bits per heavy atom. The van der Waals surface area contributed by atoms with Crippen LogP contribution in [0.4, 0.5) is 0 Å². The molecule has 2 heteroatoms. The number of likely N-dealkylation sites (tertiary alicyclic amines) is 1. The van der Waals surface area contributed by atoms with E-state index in [1.807, 2.05) is 0 Å². The molecule has 112 valence electrons. The fourth-order valence-electron chi connectivity index (χ4n) is 4.10. The van der Waals surface area contributed by atoms with Gasteiger partial charge in [0.1, 0.15) is 0 Å². The standard InChI is InChI=1S/C17H34N2/c1-17(2,3)14-9-10-15(18-4)16(13-14)19-11-7-5-6-8-12-19/h14-16,18H,5-13H2,1-4H3. The summed E-state index contributed by atoms with van der Waals surface area (Å²) < 4.78 is 0. The van der Waals surface area contributed by atoms with E-state index in [1.165, 1.54) is 58.0 Å². The molecule has 1 aliphatic heterocycles. The van der Waals surface area contributed by atoms with Gasteiger partial charge in [-0.1, -0.05) is 33.6 Å². The molecule has 19 heavy (non-hydrogen) atoms. The minimum atomic E-state index is 0.475. The summed E-state index contributed by atoms with van der Waals surface area (Å²) in [6, 6.07) is 1.50. The highest BCUT2D eigenvalue weighted by atomic mass is 15.2. The van der Waals surface area contributed by atoms with Crippen LogP contribution >= 0.6 is 0 Å². The van der Waals surface area contributed by atoms with Gasteiger partial charge in [-0.3, -0.25) is 4.90 Å². The Kier molecular flexibility index (Phi) is 5.30. The average molecular weight is 266 g/mol. The van der Waals surface area contributed by atoms with Gasteiger partial charge in [0.15, 0.2) is 0 Å². The average Bonchev–Trinajstić information content (AvgIpc) is 2.65. The third kappa shape index (κ3) is 3.95. The molecule has 0 bridgehead atoms. The largest absolute Gasteiger partial charge is 0.315 e. The Labute approximate surface area is 120 Å². The molecule has 2 fully saturated rings. The van der Waals surface area contributed by atoms with Gasteiger partial charge in [0.25, 0.3) is 0 Å². The van der Waals surface area contributed by atoms with E-state index in [0.717, 1.165) is 18.0 Å². The van der Waals surface area contributed by atoms with Gasteiger partial charge in [0, 0.05) is 12.1 Å². The second-order valence-electron chi connectivity index (χ2n) is 7.79. The predicted molar refractivity (Wildman–Crippen MR) is 83.5 cm³/mol. The maximum absolute atomic E-state index is 3.60. The van der Waals surface area contributed by atoms with E-state index in [4.69, 9.17) is 0 Å². The maximum Gasteiger partial charge on any atom is 0.0252 e. The Bertz CT molecular complexity index is 261. The van der Waals surface area contributed by atoms with Crippen molar-refractivity contribution in [2.75, 3.05) is 20.1 Å². The van der Waals surface area contributed by atoms with Crippen LogP contribution in [0.2, 0.25) is 0 Å². The molecule has 1 heterocycles. The summed E-state index contributed by atoms with van der Waals surface area (Å²) in [6.07, 6.45) is 9.86. The third-order valence-electron chi connectivity index (χ3n) is 5.52. The quantitative estimate of drug-likeness (QED) is 0.820. The van der Waals surface area contributed by atoms with Gasteiger partial charge in [0.2, 0.25) is 0 Å². The first-order chi connectivity index (χ1) is 9.02. The van der Waals surface area contributed by atoms with Crippen LogP contribution < -0.4 is 5.32 Å². The van der Waals surface area contributed by atoms with Crippen LogP contribution in [0.25, 0.3) is 0 Å². The highest BCUT2D eigenvalue weighted by Gasteiger charge is 2.37. The summed E-state index contributed by atoms with van der Waals surface area (Å²) in [7, 11) is 2.16. The van der Waals surface area contributed by atoms with Crippen molar-refractivity contribution in [3.05, 3.63) is 0 Å². The minimum Gasteiger partial charge on any atom is -0.315 e. The van der Waals surface area contributed by atoms with Crippen molar-refractivity contribution in [1.82, 2.24) is 10.2 Å². The van der Waals surface area contributed by atoms with E-state index >= 15 is 0 Å². The first kappa shape index (κ1) is 15.3. The molecule has 2 nitrogen and oxygen atoms in total. The summed E-state index contributed by atoms with van der Waals surface area (Å²) in [5, 5.41) is 3.60. The number of nitrogens with one attached hydrogen (secondary N) is 1. The topological polar surface area (TPSA) is 15.3 Å². The fraction of sp³-hybridized carbons (Fsp3) is 1.00. The SMILES string of the molecule is CNC1CCC(C(C)(C)C)CC1N1CCCCCC1. The molecule has 0 aromatic carbocycles. The Morgan fingerprint density at radius 2 is 1.58 bits per heavy atom. The van der Waals surface area contributed by atoms with Crippen molar-refractivity contribution in [2.24, 2.45) is 11.3 Å².